The third kappa shape index (κ3) is 16.3. The molecule has 2 aliphatic heterocycles. The predicted octanol–water partition coefficient (Wildman–Crippen LogP) is 10.8. The van der Waals surface area contributed by atoms with Crippen molar-refractivity contribution in [2.24, 2.45) is 17.8 Å². The molecule has 0 spiro atoms. The van der Waals surface area contributed by atoms with Gasteiger partial charge in [0.1, 0.15) is 17.1 Å². The van der Waals surface area contributed by atoms with E-state index in [2.05, 4.69) is 46.9 Å². The summed E-state index contributed by atoms with van der Waals surface area (Å²) in [4.78, 5) is 27.3. The number of aliphatic hydroxyl groups is 1. The second kappa shape index (κ2) is 24.0. The van der Waals surface area contributed by atoms with Gasteiger partial charge in [-0.2, -0.15) is 0 Å². The second-order valence-corrected chi connectivity index (χ2v) is 22.2. The van der Waals surface area contributed by atoms with Crippen LogP contribution in [0.4, 0.5) is 4.79 Å². The Hall–Kier alpha value is -1.43. The molecule has 56 heavy (non-hydrogen) atoms. The SMILES string of the molecule is COP(C)(=O)OC[C@@H]1CC(O)CN1C(=O)CCCSSCCNC(=O)Oc1c(C)c(C)c2c(c1C)CC[C@@](C)(CCC[C@H](C)CCC[C@H](C)CCCC(C)C)O2. The first-order chi connectivity index (χ1) is 26.4. The summed E-state index contributed by atoms with van der Waals surface area (Å²) >= 11 is 0. The van der Waals surface area contributed by atoms with Crippen molar-refractivity contribution in [1.82, 2.24) is 10.2 Å². The van der Waals surface area contributed by atoms with Crippen LogP contribution in [0, 0.1) is 38.5 Å². The Bertz CT molecular complexity index is 1450. The van der Waals surface area contributed by atoms with Gasteiger partial charge in [-0.1, -0.05) is 94.2 Å². The maximum atomic E-state index is 12.9. The van der Waals surface area contributed by atoms with Crippen molar-refractivity contribution in [3.05, 3.63) is 22.3 Å². The molecule has 13 heteroatoms. The van der Waals surface area contributed by atoms with Gasteiger partial charge in [-0.25, -0.2) is 4.79 Å². The number of hydrogen-bond donors (Lipinski definition) is 2. The molecule has 1 saturated heterocycles. The van der Waals surface area contributed by atoms with Gasteiger partial charge in [0.25, 0.3) is 0 Å². The lowest BCUT2D eigenvalue weighted by atomic mass is 9.83. The van der Waals surface area contributed by atoms with Crippen LogP contribution in [0.2, 0.25) is 0 Å². The Morgan fingerprint density at radius 2 is 1.61 bits per heavy atom. The summed E-state index contributed by atoms with van der Waals surface area (Å²) in [5.41, 5.74) is 3.93. The van der Waals surface area contributed by atoms with Crippen LogP contribution in [0.15, 0.2) is 0 Å². The van der Waals surface area contributed by atoms with Crippen molar-refractivity contribution < 1.29 is 37.8 Å². The number of likely N-dealkylation sites (tertiary alicyclic amines) is 1. The number of nitrogens with one attached hydrogen (secondary N) is 1. The maximum absolute atomic E-state index is 12.9. The minimum atomic E-state index is -3.16. The molecule has 0 radical (unpaired) electrons. The number of benzene rings is 1. The molecule has 1 aromatic rings. The normalized spacial score (nSPS) is 21.7. The van der Waals surface area contributed by atoms with Crippen molar-refractivity contribution in [1.29, 1.82) is 0 Å². The van der Waals surface area contributed by atoms with Gasteiger partial charge in [0.15, 0.2) is 0 Å². The van der Waals surface area contributed by atoms with Crippen molar-refractivity contribution in [2.75, 3.05) is 45.0 Å². The summed E-state index contributed by atoms with van der Waals surface area (Å²) < 4.78 is 35.0. The van der Waals surface area contributed by atoms with E-state index in [-0.39, 0.29) is 30.7 Å². The lowest BCUT2D eigenvalue weighted by molar-refractivity contribution is -0.132. The largest absolute Gasteiger partial charge is 0.487 e. The number of carbonyl (C=O) groups excluding carboxylic acids is 2. The predicted molar refractivity (Wildman–Crippen MR) is 234 cm³/mol. The molecule has 1 fully saturated rings. The fraction of sp³-hybridized carbons (Fsp3) is 0.814. The quantitative estimate of drug-likeness (QED) is 0.0559. The number of nitrogens with zero attached hydrogens (tertiary/aromatic N) is 1. The molecule has 2 aliphatic rings. The van der Waals surface area contributed by atoms with Gasteiger partial charge >= 0.3 is 13.7 Å². The second-order valence-electron chi connectivity index (χ2n) is 17.3. The number of aliphatic hydroxyl groups excluding tert-OH is 1. The average molecular weight is 843 g/mol. The van der Waals surface area contributed by atoms with Crippen LogP contribution in [0.25, 0.3) is 0 Å². The van der Waals surface area contributed by atoms with Crippen LogP contribution >= 0.6 is 29.2 Å². The first-order valence-corrected chi connectivity index (χ1v) is 25.7. The Labute approximate surface area is 347 Å². The molecule has 1 aromatic carbocycles. The summed E-state index contributed by atoms with van der Waals surface area (Å²) in [5, 5.41) is 13.0. The van der Waals surface area contributed by atoms with Crippen LogP contribution in [0.5, 0.6) is 11.5 Å². The number of β-amino-alcohol motifs (C(OH)–C–C–N with tert-alkyl or cyclic N) is 1. The van der Waals surface area contributed by atoms with E-state index in [0.29, 0.717) is 37.3 Å². The summed E-state index contributed by atoms with van der Waals surface area (Å²) in [7, 11) is 1.47. The monoisotopic (exact) mass is 842 g/mol. The average Bonchev–Trinajstić information content (AvgIpc) is 3.52. The van der Waals surface area contributed by atoms with E-state index in [9.17, 15) is 19.3 Å². The maximum Gasteiger partial charge on any atom is 0.412 e. The van der Waals surface area contributed by atoms with E-state index >= 15 is 0 Å². The van der Waals surface area contributed by atoms with E-state index in [1.54, 1.807) is 26.5 Å². The highest BCUT2D eigenvalue weighted by Crippen LogP contribution is 2.45. The highest BCUT2D eigenvalue weighted by Gasteiger charge is 2.36. The zero-order chi connectivity index (χ0) is 41.5. The first kappa shape index (κ1) is 48.9. The van der Waals surface area contributed by atoms with E-state index in [1.807, 2.05) is 13.8 Å². The summed E-state index contributed by atoms with van der Waals surface area (Å²) in [6.07, 6.45) is 13.8. The minimum Gasteiger partial charge on any atom is -0.487 e. The van der Waals surface area contributed by atoms with Gasteiger partial charge in [-0.05, 0) is 101 Å². The third-order valence-electron chi connectivity index (χ3n) is 11.7. The molecule has 0 aromatic heterocycles. The number of hydrogen-bond acceptors (Lipinski definition) is 10. The molecule has 3 rings (SSSR count). The molecular weight excluding hydrogens is 768 g/mol. The number of carbonyl (C=O) groups is 2. The Balaban J connectivity index is 1.34. The number of rotatable bonds is 25. The van der Waals surface area contributed by atoms with Gasteiger partial charge in [0, 0.05) is 50.4 Å². The summed E-state index contributed by atoms with van der Waals surface area (Å²) in [6, 6.07) is -0.317. The summed E-state index contributed by atoms with van der Waals surface area (Å²) in [6.45, 7) is 20.0. The minimum absolute atomic E-state index is 0.0454. The molecule has 2 unspecified atom stereocenters. The Kier molecular flexibility index (Phi) is 21.0. The van der Waals surface area contributed by atoms with Gasteiger partial charge in [-0.3, -0.25) is 9.36 Å². The number of amides is 2. The van der Waals surface area contributed by atoms with Gasteiger partial charge in [0.05, 0.1) is 18.8 Å². The molecule has 10 nitrogen and oxygen atoms in total. The molecule has 2 heterocycles. The van der Waals surface area contributed by atoms with E-state index in [1.165, 1.54) is 65.1 Å². The molecular formula is C43H75N2O8PS2. The summed E-state index contributed by atoms with van der Waals surface area (Å²) in [5.74, 6) is 5.42. The third-order valence-corrected chi connectivity index (χ3v) is 15.5. The molecule has 2 N–H and O–H groups in total. The zero-order valence-corrected chi connectivity index (χ0v) is 38.9. The molecule has 322 valence electrons. The smallest absolute Gasteiger partial charge is 0.412 e. The highest BCUT2D eigenvalue weighted by molar-refractivity contribution is 8.76. The van der Waals surface area contributed by atoms with Crippen molar-refractivity contribution in [2.45, 2.75) is 163 Å². The van der Waals surface area contributed by atoms with Crippen LogP contribution < -0.4 is 14.8 Å². The molecule has 2 amide bonds. The lowest BCUT2D eigenvalue weighted by Crippen LogP contribution is -2.38. The van der Waals surface area contributed by atoms with Crippen LogP contribution in [-0.4, -0.2) is 84.7 Å². The molecule has 6 atom stereocenters. The molecule has 0 bridgehead atoms. The fourth-order valence-electron chi connectivity index (χ4n) is 7.91. The molecule has 0 saturated carbocycles. The first-order valence-electron chi connectivity index (χ1n) is 21.2. The van der Waals surface area contributed by atoms with E-state index in [0.717, 1.165) is 70.8 Å². The standard InChI is InChI=1S/C43H75N2O8PS2/c1-30(2)15-11-16-31(3)17-12-18-32(4)19-13-22-43(8)23-21-38-35(7)40(33(5)34(6)41(38)53-43)52-42(48)44-24-26-56-55-25-14-20-39(47)45-28-37(46)27-36(45)29-51-54(10,49)50-9/h30-32,36-37,46H,11-29H2,1-10H3,(H,44,48)/t31-,32-,36+,37?,43-,54?/m1/s1. The number of ether oxygens (including phenoxy) is 2. The van der Waals surface area contributed by atoms with Crippen molar-refractivity contribution in [3.8, 4) is 11.5 Å². The van der Waals surface area contributed by atoms with Crippen LogP contribution in [0.3, 0.4) is 0 Å². The fourth-order valence-corrected chi connectivity index (χ4v) is 10.5. The highest BCUT2D eigenvalue weighted by atomic mass is 33.1. The van der Waals surface area contributed by atoms with Crippen molar-refractivity contribution in [3.63, 3.8) is 0 Å². The topological polar surface area (TPSA) is 124 Å². The Morgan fingerprint density at radius 3 is 2.27 bits per heavy atom. The Morgan fingerprint density at radius 1 is 0.964 bits per heavy atom. The lowest BCUT2D eigenvalue weighted by Gasteiger charge is -2.38. The molecule has 0 aliphatic carbocycles. The number of fused-ring (bicyclic) bond motifs is 1. The van der Waals surface area contributed by atoms with E-state index < -0.39 is 19.8 Å². The van der Waals surface area contributed by atoms with Gasteiger partial charge < -0.3 is 33.8 Å². The van der Waals surface area contributed by atoms with Crippen LogP contribution in [-0.2, 0) is 24.8 Å². The van der Waals surface area contributed by atoms with E-state index in [4.69, 9.17) is 18.5 Å². The zero-order valence-electron chi connectivity index (χ0n) is 36.3. The van der Waals surface area contributed by atoms with Crippen LogP contribution in [0.1, 0.15) is 140 Å². The van der Waals surface area contributed by atoms with Gasteiger partial charge in [0.2, 0.25) is 5.91 Å². The van der Waals surface area contributed by atoms with Crippen molar-refractivity contribution >= 4 is 41.2 Å². The van der Waals surface area contributed by atoms with Gasteiger partial charge in [-0.15, -0.1) is 0 Å².